The average Bonchev–Trinajstić information content (AvgIpc) is 2.24. The minimum Gasteiger partial charge on any atom is -0.307 e. The molecular formula is C12H15Br2N. The predicted molar refractivity (Wildman–Crippen MR) is 73.1 cm³/mol. The van der Waals surface area contributed by atoms with Gasteiger partial charge in [-0.05, 0) is 36.7 Å². The molecule has 0 aliphatic heterocycles. The van der Waals surface area contributed by atoms with E-state index in [1.807, 2.05) is 18.2 Å². The van der Waals surface area contributed by atoms with E-state index < -0.39 is 0 Å². The van der Waals surface area contributed by atoms with Gasteiger partial charge in [-0.25, -0.2) is 0 Å². The molecule has 1 aromatic carbocycles. The Bertz CT molecular complexity index is 336. The van der Waals surface area contributed by atoms with E-state index >= 15 is 0 Å². The van der Waals surface area contributed by atoms with Crippen molar-refractivity contribution in [1.82, 2.24) is 5.32 Å². The molecule has 0 aliphatic carbocycles. The molecule has 1 rings (SSSR count). The van der Waals surface area contributed by atoms with E-state index in [1.54, 1.807) is 0 Å². The molecule has 1 atom stereocenters. The summed E-state index contributed by atoms with van der Waals surface area (Å²) in [5.41, 5.74) is 1.22. The van der Waals surface area contributed by atoms with E-state index in [0.717, 1.165) is 21.9 Å². The van der Waals surface area contributed by atoms with Crippen molar-refractivity contribution >= 4 is 31.9 Å². The van der Waals surface area contributed by atoms with E-state index in [1.165, 1.54) is 5.56 Å². The van der Waals surface area contributed by atoms with Crippen LogP contribution in [0.15, 0.2) is 39.8 Å². The lowest BCUT2D eigenvalue weighted by Crippen LogP contribution is -2.20. The van der Waals surface area contributed by atoms with Gasteiger partial charge < -0.3 is 5.32 Å². The molecule has 15 heavy (non-hydrogen) atoms. The molecule has 0 heterocycles. The summed E-state index contributed by atoms with van der Waals surface area (Å²) in [7, 11) is 0. The van der Waals surface area contributed by atoms with Crippen LogP contribution in [0.4, 0.5) is 0 Å². The molecule has 82 valence electrons. The summed E-state index contributed by atoms with van der Waals surface area (Å²) in [6, 6.07) is 6.38. The topological polar surface area (TPSA) is 12.0 Å². The smallest absolute Gasteiger partial charge is 0.0515 e. The third-order valence-electron chi connectivity index (χ3n) is 2.14. The van der Waals surface area contributed by atoms with Crippen LogP contribution in [-0.4, -0.2) is 6.54 Å². The molecule has 0 spiro atoms. The highest BCUT2D eigenvalue weighted by Gasteiger charge is 2.10. The normalized spacial score (nSPS) is 12.5. The van der Waals surface area contributed by atoms with Crippen molar-refractivity contribution in [2.24, 2.45) is 0 Å². The molecule has 0 amide bonds. The standard InChI is InChI=1S/C12H15Br2N/c1-3-7-15-12(4-2)10-8-9(13)5-6-11(10)14/h4-6,8,12,15H,2-3,7H2,1H3. The molecule has 0 aromatic heterocycles. The molecule has 1 nitrogen and oxygen atoms in total. The Balaban J connectivity index is 2.90. The van der Waals surface area contributed by atoms with Gasteiger partial charge >= 0.3 is 0 Å². The van der Waals surface area contributed by atoms with E-state index in [4.69, 9.17) is 0 Å². The Labute approximate surface area is 108 Å². The lowest BCUT2D eigenvalue weighted by atomic mass is 10.1. The molecule has 0 saturated heterocycles. The zero-order valence-electron chi connectivity index (χ0n) is 8.76. The number of benzene rings is 1. The van der Waals surface area contributed by atoms with Gasteiger partial charge in [0.25, 0.3) is 0 Å². The summed E-state index contributed by atoms with van der Waals surface area (Å²) in [6.07, 6.45) is 3.05. The fourth-order valence-electron chi connectivity index (χ4n) is 1.37. The van der Waals surface area contributed by atoms with Gasteiger partial charge in [0, 0.05) is 8.95 Å². The van der Waals surface area contributed by atoms with E-state index in [2.05, 4.69) is 56.7 Å². The maximum absolute atomic E-state index is 3.86. The van der Waals surface area contributed by atoms with Gasteiger partial charge in [-0.1, -0.05) is 44.9 Å². The maximum atomic E-state index is 3.86. The first-order valence-corrected chi connectivity index (χ1v) is 6.58. The van der Waals surface area contributed by atoms with Gasteiger partial charge in [-0.15, -0.1) is 6.58 Å². The van der Waals surface area contributed by atoms with Gasteiger partial charge in [-0.3, -0.25) is 0 Å². The fourth-order valence-corrected chi connectivity index (χ4v) is 2.25. The van der Waals surface area contributed by atoms with Crippen molar-refractivity contribution < 1.29 is 0 Å². The Morgan fingerprint density at radius 3 is 2.80 bits per heavy atom. The first-order valence-electron chi connectivity index (χ1n) is 5.00. The highest BCUT2D eigenvalue weighted by Crippen LogP contribution is 2.27. The highest BCUT2D eigenvalue weighted by atomic mass is 79.9. The van der Waals surface area contributed by atoms with Crippen molar-refractivity contribution in [2.75, 3.05) is 6.54 Å². The van der Waals surface area contributed by atoms with Gasteiger partial charge in [0.05, 0.1) is 6.04 Å². The summed E-state index contributed by atoms with van der Waals surface area (Å²) in [5, 5.41) is 3.43. The molecule has 0 radical (unpaired) electrons. The van der Waals surface area contributed by atoms with Gasteiger partial charge in [0.1, 0.15) is 0 Å². The maximum Gasteiger partial charge on any atom is 0.0515 e. The predicted octanol–water partition coefficient (Wildman–Crippen LogP) is 4.44. The van der Waals surface area contributed by atoms with Crippen molar-refractivity contribution in [3.05, 3.63) is 45.4 Å². The number of hydrogen-bond donors (Lipinski definition) is 1. The molecular weight excluding hydrogens is 318 g/mol. The summed E-state index contributed by atoms with van der Waals surface area (Å²) in [5.74, 6) is 0. The summed E-state index contributed by atoms with van der Waals surface area (Å²) >= 11 is 7.03. The highest BCUT2D eigenvalue weighted by molar-refractivity contribution is 9.11. The quantitative estimate of drug-likeness (QED) is 0.786. The van der Waals surface area contributed by atoms with Crippen molar-refractivity contribution in [1.29, 1.82) is 0 Å². The monoisotopic (exact) mass is 331 g/mol. The Hall–Kier alpha value is -0.120. The summed E-state index contributed by atoms with van der Waals surface area (Å²) in [6.45, 7) is 7.01. The van der Waals surface area contributed by atoms with Crippen molar-refractivity contribution in [3.8, 4) is 0 Å². The largest absolute Gasteiger partial charge is 0.307 e. The second-order valence-corrected chi connectivity index (χ2v) is 5.10. The van der Waals surface area contributed by atoms with Crippen LogP contribution in [0, 0.1) is 0 Å². The van der Waals surface area contributed by atoms with E-state index in [9.17, 15) is 0 Å². The third kappa shape index (κ3) is 3.74. The van der Waals surface area contributed by atoms with Gasteiger partial charge in [0.2, 0.25) is 0 Å². The van der Waals surface area contributed by atoms with Crippen LogP contribution < -0.4 is 5.32 Å². The van der Waals surface area contributed by atoms with Crippen LogP contribution in [0.3, 0.4) is 0 Å². The lowest BCUT2D eigenvalue weighted by molar-refractivity contribution is 0.612. The molecule has 1 N–H and O–H groups in total. The lowest BCUT2D eigenvalue weighted by Gasteiger charge is -2.16. The Kier molecular flexibility index (Phi) is 5.58. The molecule has 3 heteroatoms. The number of hydrogen-bond acceptors (Lipinski definition) is 1. The SMILES string of the molecule is C=CC(NCCC)c1cc(Br)ccc1Br. The number of halogens is 2. The average molecular weight is 333 g/mol. The van der Waals surface area contributed by atoms with Crippen molar-refractivity contribution in [3.63, 3.8) is 0 Å². The Morgan fingerprint density at radius 1 is 1.47 bits per heavy atom. The molecule has 0 bridgehead atoms. The number of nitrogens with one attached hydrogen (secondary N) is 1. The minimum atomic E-state index is 0.205. The van der Waals surface area contributed by atoms with Crippen LogP contribution >= 0.6 is 31.9 Å². The van der Waals surface area contributed by atoms with Crippen LogP contribution in [0.2, 0.25) is 0 Å². The zero-order chi connectivity index (χ0) is 11.3. The van der Waals surface area contributed by atoms with Crippen LogP contribution in [0.1, 0.15) is 24.9 Å². The minimum absolute atomic E-state index is 0.205. The van der Waals surface area contributed by atoms with E-state index in [-0.39, 0.29) is 6.04 Å². The molecule has 1 unspecified atom stereocenters. The third-order valence-corrected chi connectivity index (χ3v) is 3.36. The molecule has 0 aliphatic rings. The summed E-state index contributed by atoms with van der Waals surface area (Å²) < 4.78 is 2.20. The first kappa shape index (κ1) is 12.9. The van der Waals surface area contributed by atoms with Gasteiger partial charge in [0.15, 0.2) is 0 Å². The molecule has 1 aromatic rings. The van der Waals surface area contributed by atoms with E-state index in [0.29, 0.717) is 0 Å². The van der Waals surface area contributed by atoms with Gasteiger partial charge in [-0.2, -0.15) is 0 Å². The zero-order valence-corrected chi connectivity index (χ0v) is 11.9. The first-order chi connectivity index (χ1) is 7.19. The second kappa shape index (κ2) is 6.46. The Morgan fingerprint density at radius 2 is 2.20 bits per heavy atom. The summed E-state index contributed by atoms with van der Waals surface area (Å²) in [4.78, 5) is 0. The van der Waals surface area contributed by atoms with Crippen LogP contribution in [0.5, 0.6) is 0 Å². The number of rotatable bonds is 5. The fraction of sp³-hybridized carbons (Fsp3) is 0.333. The van der Waals surface area contributed by atoms with Crippen LogP contribution in [0.25, 0.3) is 0 Å². The van der Waals surface area contributed by atoms with Crippen molar-refractivity contribution in [2.45, 2.75) is 19.4 Å². The van der Waals surface area contributed by atoms with Crippen LogP contribution in [-0.2, 0) is 0 Å². The second-order valence-electron chi connectivity index (χ2n) is 3.33. The molecule has 0 fully saturated rings. The molecule has 0 saturated carbocycles.